The Morgan fingerprint density at radius 3 is 2.05 bits per heavy atom. The van der Waals surface area contributed by atoms with Crippen LogP contribution < -0.4 is 4.90 Å². The van der Waals surface area contributed by atoms with E-state index in [0.717, 1.165) is 49.8 Å². The number of anilines is 3. The molecule has 0 bridgehead atoms. The van der Waals surface area contributed by atoms with E-state index in [2.05, 4.69) is 137 Å². The SMILES string of the molecule is c1ccc(N(c2ccc(-c3ccc4ccccc4c3)cc2)c2ccc3oc4ccc5cnccc5c4c3c2)cc1. The van der Waals surface area contributed by atoms with Crippen LogP contribution in [0.4, 0.5) is 17.1 Å². The van der Waals surface area contributed by atoms with Crippen molar-refractivity contribution in [2.75, 3.05) is 4.90 Å². The zero-order valence-corrected chi connectivity index (χ0v) is 21.7. The fourth-order valence-electron chi connectivity index (χ4n) is 5.77. The Balaban J connectivity index is 1.27. The zero-order valence-electron chi connectivity index (χ0n) is 21.7. The van der Waals surface area contributed by atoms with Gasteiger partial charge in [0.15, 0.2) is 0 Å². The van der Waals surface area contributed by atoms with Crippen molar-refractivity contribution in [1.82, 2.24) is 4.98 Å². The maximum atomic E-state index is 6.26. The summed E-state index contributed by atoms with van der Waals surface area (Å²) in [5.41, 5.74) is 7.44. The van der Waals surface area contributed by atoms with Crippen molar-refractivity contribution in [2.45, 2.75) is 0 Å². The molecule has 0 spiro atoms. The highest BCUT2D eigenvalue weighted by atomic mass is 16.3. The van der Waals surface area contributed by atoms with Gasteiger partial charge in [0.25, 0.3) is 0 Å². The molecule has 3 heteroatoms. The van der Waals surface area contributed by atoms with Gasteiger partial charge in [-0.1, -0.05) is 66.7 Å². The van der Waals surface area contributed by atoms with E-state index in [1.165, 1.54) is 21.9 Å². The van der Waals surface area contributed by atoms with Gasteiger partial charge >= 0.3 is 0 Å². The van der Waals surface area contributed by atoms with Crippen LogP contribution in [0, 0.1) is 0 Å². The second kappa shape index (κ2) is 9.11. The molecule has 0 aliphatic heterocycles. The number of para-hydroxylation sites is 1. The number of pyridine rings is 1. The number of fused-ring (bicyclic) bond motifs is 6. The molecule has 0 aliphatic rings. The van der Waals surface area contributed by atoms with Crippen LogP contribution in [0.5, 0.6) is 0 Å². The normalized spacial score (nSPS) is 11.5. The molecule has 2 heterocycles. The third-order valence-electron chi connectivity index (χ3n) is 7.72. The molecule has 3 nitrogen and oxygen atoms in total. The lowest BCUT2D eigenvalue weighted by Gasteiger charge is -2.25. The van der Waals surface area contributed by atoms with Crippen LogP contribution >= 0.6 is 0 Å². The van der Waals surface area contributed by atoms with Crippen molar-refractivity contribution in [3.05, 3.63) is 146 Å². The Hall–Kier alpha value is -5.41. The summed E-state index contributed by atoms with van der Waals surface area (Å²) < 4.78 is 6.26. The standard InChI is InChI=1S/C37H24N2O/c1-2-8-30(9-3-1)39(31-15-12-26(13-16-31)28-11-10-25-6-4-5-7-27(25)22-28)32-17-19-35-34(23-32)37-33-20-21-38-24-29(33)14-18-36(37)40-35/h1-24H. The van der Waals surface area contributed by atoms with Crippen molar-refractivity contribution >= 4 is 60.5 Å². The Morgan fingerprint density at radius 1 is 0.475 bits per heavy atom. The van der Waals surface area contributed by atoms with Crippen LogP contribution in [0.3, 0.4) is 0 Å². The van der Waals surface area contributed by atoms with Gasteiger partial charge in [-0.25, -0.2) is 0 Å². The van der Waals surface area contributed by atoms with Crippen LogP contribution in [-0.2, 0) is 0 Å². The number of nitrogens with zero attached hydrogens (tertiary/aromatic N) is 2. The van der Waals surface area contributed by atoms with Gasteiger partial charge in [0.05, 0.1) is 0 Å². The first kappa shape index (κ1) is 22.6. The molecule has 0 amide bonds. The molecule has 8 aromatic rings. The number of hydrogen-bond donors (Lipinski definition) is 0. The van der Waals surface area contributed by atoms with Gasteiger partial charge in [0.2, 0.25) is 0 Å². The van der Waals surface area contributed by atoms with E-state index in [-0.39, 0.29) is 0 Å². The van der Waals surface area contributed by atoms with Crippen LogP contribution in [0.15, 0.2) is 150 Å². The number of benzene rings is 6. The smallest absolute Gasteiger partial charge is 0.136 e. The molecule has 6 aromatic carbocycles. The van der Waals surface area contributed by atoms with Gasteiger partial charge in [0.1, 0.15) is 11.2 Å². The highest BCUT2D eigenvalue weighted by Gasteiger charge is 2.16. The zero-order chi connectivity index (χ0) is 26.5. The number of furan rings is 1. The maximum Gasteiger partial charge on any atom is 0.136 e. The quantitative estimate of drug-likeness (QED) is 0.235. The third-order valence-corrected chi connectivity index (χ3v) is 7.72. The average molecular weight is 513 g/mol. The fourth-order valence-corrected chi connectivity index (χ4v) is 5.77. The molecule has 2 aromatic heterocycles. The van der Waals surface area contributed by atoms with Gasteiger partial charge in [-0.2, -0.15) is 0 Å². The minimum atomic E-state index is 0.878. The number of aromatic nitrogens is 1. The molecule has 0 aliphatic carbocycles. The van der Waals surface area contributed by atoms with Crippen molar-refractivity contribution in [1.29, 1.82) is 0 Å². The van der Waals surface area contributed by atoms with Gasteiger partial charge in [0, 0.05) is 45.6 Å². The number of hydrogen-bond acceptors (Lipinski definition) is 3. The predicted molar refractivity (Wildman–Crippen MR) is 167 cm³/mol. The van der Waals surface area contributed by atoms with Gasteiger partial charge in [-0.3, -0.25) is 4.98 Å². The Kier molecular flexibility index (Phi) is 5.14. The summed E-state index contributed by atoms with van der Waals surface area (Å²) in [6, 6.07) is 47.1. The van der Waals surface area contributed by atoms with Gasteiger partial charge < -0.3 is 9.32 Å². The second-order valence-electron chi connectivity index (χ2n) is 10.1. The summed E-state index contributed by atoms with van der Waals surface area (Å²) in [6.45, 7) is 0. The van der Waals surface area contributed by atoms with Crippen molar-refractivity contribution in [3.8, 4) is 11.1 Å². The van der Waals surface area contributed by atoms with E-state index in [1.54, 1.807) is 0 Å². The van der Waals surface area contributed by atoms with Crippen LogP contribution in [0.25, 0.3) is 54.6 Å². The lowest BCUT2D eigenvalue weighted by atomic mass is 10.0. The molecule has 0 atom stereocenters. The van der Waals surface area contributed by atoms with Crippen LogP contribution in [0.1, 0.15) is 0 Å². The summed E-state index contributed by atoms with van der Waals surface area (Å²) in [4.78, 5) is 6.61. The third kappa shape index (κ3) is 3.71. The number of rotatable bonds is 4. The molecule has 0 radical (unpaired) electrons. The topological polar surface area (TPSA) is 29.3 Å². The summed E-state index contributed by atoms with van der Waals surface area (Å²) in [5.74, 6) is 0. The Bertz CT molecular complexity index is 2160. The minimum Gasteiger partial charge on any atom is -0.456 e. The first-order valence-electron chi connectivity index (χ1n) is 13.5. The van der Waals surface area contributed by atoms with Gasteiger partial charge in [-0.15, -0.1) is 0 Å². The highest BCUT2D eigenvalue weighted by Crippen LogP contribution is 2.40. The molecule has 188 valence electrons. The summed E-state index contributed by atoms with van der Waals surface area (Å²) >= 11 is 0. The second-order valence-corrected chi connectivity index (χ2v) is 10.1. The lowest BCUT2D eigenvalue weighted by molar-refractivity contribution is 0.669. The highest BCUT2D eigenvalue weighted by molar-refractivity contribution is 6.19. The maximum absolute atomic E-state index is 6.26. The molecule has 0 fully saturated rings. The molecule has 8 rings (SSSR count). The molecule has 0 unspecified atom stereocenters. The van der Waals surface area contributed by atoms with Crippen molar-refractivity contribution in [3.63, 3.8) is 0 Å². The molecule has 0 saturated heterocycles. The van der Waals surface area contributed by atoms with E-state index in [1.807, 2.05) is 18.5 Å². The van der Waals surface area contributed by atoms with Crippen molar-refractivity contribution in [2.24, 2.45) is 0 Å². The first-order valence-corrected chi connectivity index (χ1v) is 13.5. The minimum absolute atomic E-state index is 0.878. The molecule has 40 heavy (non-hydrogen) atoms. The van der Waals surface area contributed by atoms with E-state index in [4.69, 9.17) is 4.42 Å². The van der Waals surface area contributed by atoms with E-state index in [0.29, 0.717) is 0 Å². The summed E-state index contributed by atoms with van der Waals surface area (Å²) in [7, 11) is 0. The molecular weight excluding hydrogens is 488 g/mol. The molecule has 0 N–H and O–H groups in total. The lowest BCUT2D eigenvalue weighted by Crippen LogP contribution is -2.09. The van der Waals surface area contributed by atoms with Crippen LogP contribution in [-0.4, -0.2) is 4.98 Å². The Morgan fingerprint density at radius 2 is 1.18 bits per heavy atom. The van der Waals surface area contributed by atoms with E-state index < -0.39 is 0 Å². The predicted octanol–water partition coefficient (Wildman–Crippen LogP) is 10.4. The van der Waals surface area contributed by atoms with E-state index >= 15 is 0 Å². The monoisotopic (exact) mass is 512 g/mol. The van der Waals surface area contributed by atoms with E-state index in [9.17, 15) is 0 Å². The summed E-state index contributed by atoms with van der Waals surface area (Å²) in [6.07, 6.45) is 3.75. The van der Waals surface area contributed by atoms with Gasteiger partial charge in [-0.05, 0) is 94.0 Å². The van der Waals surface area contributed by atoms with Crippen molar-refractivity contribution < 1.29 is 4.42 Å². The molecule has 0 saturated carbocycles. The van der Waals surface area contributed by atoms with Crippen LogP contribution in [0.2, 0.25) is 0 Å². The Labute approximate surface area is 231 Å². The fraction of sp³-hybridized carbons (Fsp3) is 0. The summed E-state index contributed by atoms with van der Waals surface area (Å²) in [5, 5.41) is 6.97. The molecular formula is C37H24N2O. The first-order chi connectivity index (χ1) is 19.8. The largest absolute Gasteiger partial charge is 0.456 e. The average Bonchev–Trinajstić information content (AvgIpc) is 3.40.